The molecule has 0 aliphatic carbocycles. The van der Waals surface area contributed by atoms with Crippen LogP contribution < -0.4 is 5.73 Å². The lowest BCUT2D eigenvalue weighted by Crippen LogP contribution is -2.30. The van der Waals surface area contributed by atoms with E-state index >= 15 is 0 Å². The summed E-state index contributed by atoms with van der Waals surface area (Å²) in [5, 5.41) is 0. The second-order valence-corrected chi connectivity index (χ2v) is 5.15. The van der Waals surface area contributed by atoms with Crippen molar-refractivity contribution in [2.75, 3.05) is 13.6 Å². The molecule has 1 aromatic heterocycles. The van der Waals surface area contributed by atoms with Crippen molar-refractivity contribution in [1.82, 2.24) is 4.90 Å². The number of hydrogen-bond donors (Lipinski definition) is 1. The molecule has 0 radical (unpaired) electrons. The zero-order chi connectivity index (χ0) is 15.4. The smallest absolute Gasteiger partial charge is 0.263 e. The van der Waals surface area contributed by atoms with Crippen molar-refractivity contribution in [2.24, 2.45) is 5.73 Å². The number of likely N-dealkylation sites (N-methyl/N-ethyl adjacent to an activating group) is 1. The standard InChI is InChI=1S/C16H20F2N2O/c1-11-3-8-14(21-11)10-20(2)15(9-19)12-4-6-13(7-5-12)16(17)18/h3-8,15-16H,9-10,19H2,1-2H3. The fraction of sp³-hybridized carbons (Fsp3) is 0.375. The Morgan fingerprint density at radius 1 is 1.10 bits per heavy atom. The first kappa shape index (κ1) is 15.7. The molecule has 5 heteroatoms. The summed E-state index contributed by atoms with van der Waals surface area (Å²) < 4.78 is 30.7. The minimum atomic E-state index is -2.45. The van der Waals surface area contributed by atoms with Crippen molar-refractivity contribution in [3.05, 3.63) is 59.0 Å². The minimum absolute atomic E-state index is 0.0267. The van der Waals surface area contributed by atoms with Crippen LogP contribution in [0.3, 0.4) is 0 Å². The molecule has 1 heterocycles. The normalized spacial score (nSPS) is 13.1. The van der Waals surface area contributed by atoms with Gasteiger partial charge in [-0.15, -0.1) is 0 Å². The van der Waals surface area contributed by atoms with Gasteiger partial charge in [-0.05, 0) is 31.7 Å². The summed E-state index contributed by atoms with van der Waals surface area (Å²) in [6.45, 7) is 2.92. The van der Waals surface area contributed by atoms with Gasteiger partial charge in [-0.1, -0.05) is 24.3 Å². The molecule has 2 N–H and O–H groups in total. The van der Waals surface area contributed by atoms with Crippen LogP contribution in [0.4, 0.5) is 8.78 Å². The van der Waals surface area contributed by atoms with Crippen LogP contribution in [-0.2, 0) is 6.54 Å². The number of halogens is 2. The number of furan rings is 1. The quantitative estimate of drug-likeness (QED) is 0.884. The van der Waals surface area contributed by atoms with Crippen LogP contribution in [0.5, 0.6) is 0 Å². The van der Waals surface area contributed by atoms with Crippen molar-refractivity contribution in [3.63, 3.8) is 0 Å². The maximum atomic E-state index is 12.6. The van der Waals surface area contributed by atoms with Gasteiger partial charge in [0.1, 0.15) is 11.5 Å². The van der Waals surface area contributed by atoms with Gasteiger partial charge in [0.2, 0.25) is 0 Å². The molecule has 0 spiro atoms. The molecule has 1 unspecified atom stereocenters. The van der Waals surface area contributed by atoms with Crippen LogP contribution in [-0.4, -0.2) is 18.5 Å². The largest absolute Gasteiger partial charge is 0.465 e. The highest BCUT2D eigenvalue weighted by Crippen LogP contribution is 2.24. The first-order chi connectivity index (χ1) is 10.0. The third-order valence-corrected chi connectivity index (χ3v) is 3.53. The van der Waals surface area contributed by atoms with Gasteiger partial charge in [0.25, 0.3) is 6.43 Å². The van der Waals surface area contributed by atoms with Crippen molar-refractivity contribution in [3.8, 4) is 0 Å². The molecule has 21 heavy (non-hydrogen) atoms. The Bertz CT molecular complexity index is 566. The van der Waals surface area contributed by atoms with Gasteiger partial charge in [0.05, 0.1) is 6.54 Å². The summed E-state index contributed by atoms with van der Waals surface area (Å²) in [5.74, 6) is 1.72. The van der Waals surface area contributed by atoms with Crippen LogP contribution in [0, 0.1) is 6.92 Å². The summed E-state index contributed by atoms with van der Waals surface area (Å²) >= 11 is 0. The average molecular weight is 294 g/mol. The summed E-state index contributed by atoms with van der Waals surface area (Å²) in [4.78, 5) is 2.05. The highest BCUT2D eigenvalue weighted by Gasteiger charge is 2.17. The van der Waals surface area contributed by atoms with E-state index in [0.29, 0.717) is 13.1 Å². The van der Waals surface area contributed by atoms with Crippen molar-refractivity contribution in [2.45, 2.75) is 25.9 Å². The van der Waals surface area contributed by atoms with Crippen LogP contribution in [0.15, 0.2) is 40.8 Å². The Kier molecular flexibility index (Phi) is 5.09. The number of benzene rings is 1. The first-order valence-corrected chi connectivity index (χ1v) is 6.85. The number of alkyl halides is 2. The lowest BCUT2D eigenvalue weighted by molar-refractivity contribution is 0.151. The Morgan fingerprint density at radius 3 is 2.19 bits per heavy atom. The van der Waals surface area contributed by atoms with E-state index in [1.54, 1.807) is 12.1 Å². The van der Waals surface area contributed by atoms with E-state index in [4.69, 9.17) is 10.2 Å². The van der Waals surface area contributed by atoms with E-state index in [0.717, 1.165) is 17.1 Å². The number of rotatable bonds is 6. The molecule has 0 saturated carbocycles. The van der Waals surface area contributed by atoms with Gasteiger partial charge in [-0.3, -0.25) is 4.90 Å². The summed E-state index contributed by atoms with van der Waals surface area (Å²) in [6.07, 6.45) is -2.45. The van der Waals surface area contributed by atoms with Gasteiger partial charge in [0, 0.05) is 18.2 Å². The SMILES string of the molecule is Cc1ccc(CN(C)C(CN)c2ccc(C(F)F)cc2)o1. The monoisotopic (exact) mass is 294 g/mol. The molecule has 0 aliphatic rings. The van der Waals surface area contributed by atoms with E-state index < -0.39 is 6.43 Å². The van der Waals surface area contributed by atoms with Crippen molar-refractivity contribution in [1.29, 1.82) is 0 Å². The molecule has 0 aliphatic heterocycles. The van der Waals surface area contributed by atoms with Crippen LogP contribution in [0.25, 0.3) is 0 Å². The zero-order valence-corrected chi connectivity index (χ0v) is 12.2. The molecule has 0 amide bonds. The molecule has 2 rings (SSSR count). The van der Waals surface area contributed by atoms with E-state index in [-0.39, 0.29) is 11.6 Å². The zero-order valence-electron chi connectivity index (χ0n) is 12.2. The molecule has 0 bridgehead atoms. The predicted molar refractivity (Wildman–Crippen MR) is 78.1 cm³/mol. The van der Waals surface area contributed by atoms with Crippen LogP contribution >= 0.6 is 0 Å². The first-order valence-electron chi connectivity index (χ1n) is 6.85. The summed E-state index contributed by atoms with van der Waals surface area (Å²) in [7, 11) is 1.94. The Hall–Kier alpha value is -1.72. The topological polar surface area (TPSA) is 42.4 Å². The van der Waals surface area contributed by atoms with Crippen LogP contribution in [0.2, 0.25) is 0 Å². The third-order valence-electron chi connectivity index (χ3n) is 3.53. The van der Waals surface area contributed by atoms with Gasteiger partial charge in [-0.25, -0.2) is 8.78 Å². The Balaban J connectivity index is 2.10. The molecule has 3 nitrogen and oxygen atoms in total. The van der Waals surface area contributed by atoms with Crippen molar-refractivity contribution < 1.29 is 13.2 Å². The summed E-state index contributed by atoms with van der Waals surface area (Å²) in [5.41, 5.74) is 6.79. The number of nitrogens with zero attached hydrogens (tertiary/aromatic N) is 1. The Morgan fingerprint density at radius 2 is 1.71 bits per heavy atom. The van der Waals surface area contributed by atoms with Gasteiger partial charge < -0.3 is 10.2 Å². The molecule has 114 valence electrons. The summed E-state index contributed by atoms with van der Waals surface area (Å²) in [6, 6.07) is 10.1. The number of hydrogen-bond acceptors (Lipinski definition) is 3. The molecular weight excluding hydrogens is 274 g/mol. The number of nitrogens with two attached hydrogens (primary N) is 1. The van der Waals surface area contributed by atoms with Gasteiger partial charge >= 0.3 is 0 Å². The highest BCUT2D eigenvalue weighted by molar-refractivity contribution is 5.26. The fourth-order valence-electron chi connectivity index (χ4n) is 2.36. The highest BCUT2D eigenvalue weighted by atomic mass is 19.3. The molecule has 1 atom stereocenters. The van der Waals surface area contributed by atoms with E-state index in [1.165, 1.54) is 12.1 Å². The average Bonchev–Trinajstić information content (AvgIpc) is 2.85. The molecule has 0 fully saturated rings. The maximum absolute atomic E-state index is 12.6. The van der Waals surface area contributed by atoms with Gasteiger partial charge in [0.15, 0.2) is 0 Å². The molecular formula is C16H20F2N2O. The second kappa shape index (κ2) is 6.83. The predicted octanol–water partition coefficient (Wildman–Crippen LogP) is 3.66. The second-order valence-electron chi connectivity index (χ2n) is 5.15. The van der Waals surface area contributed by atoms with Crippen molar-refractivity contribution >= 4 is 0 Å². The molecule has 2 aromatic rings. The lowest BCUT2D eigenvalue weighted by Gasteiger charge is -2.26. The lowest BCUT2D eigenvalue weighted by atomic mass is 10.0. The number of aryl methyl sites for hydroxylation is 1. The van der Waals surface area contributed by atoms with Gasteiger partial charge in [-0.2, -0.15) is 0 Å². The minimum Gasteiger partial charge on any atom is -0.465 e. The molecule has 1 aromatic carbocycles. The third kappa shape index (κ3) is 3.89. The van der Waals surface area contributed by atoms with E-state index in [9.17, 15) is 8.78 Å². The fourth-order valence-corrected chi connectivity index (χ4v) is 2.36. The Labute approximate surface area is 123 Å². The molecule has 0 saturated heterocycles. The van der Waals surface area contributed by atoms with Crippen LogP contribution in [0.1, 0.15) is 35.1 Å². The van der Waals surface area contributed by atoms with E-state index in [1.807, 2.05) is 26.1 Å². The van der Waals surface area contributed by atoms with E-state index in [2.05, 4.69) is 4.90 Å². The maximum Gasteiger partial charge on any atom is 0.263 e.